The number of morpholine rings is 1. The molecule has 2 rings (SSSR count). The van der Waals surface area contributed by atoms with Gasteiger partial charge < -0.3 is 15.0 Å². The quantitative estimate of drug-likeness (QED) is 0.774. The first-order valence-electron chi connectivity index (χ1n) is 6.01. The maximum atomic E-state index is 12.1. The number of nitrogens with one attached hydrogen (secondary N) is 1. The minimum Gasteiger partial charge on any atom is -0.378 e. The van der Waals surface area contributed by atoms with Gasteiger partial charge in [-0.3, -0.25) is 9.79 Å². The molecule has 2 unspecified atom stereocenters. The fraction of sp³-hybridized carbons (Fsp3) is 0.818. The van der Waals surface area contributed by atoms with Crippen LogP contribution in [-0.2, 0) is 9.53 Å². The summed E-state index contributed by atoms with van der Waals surface area (Å²) in [5.74, 6) is 0.135. The summed E-state index contributed by atoms with van der Waals surface area (Å²) in [6.07, 6.45) is 0. The van der Waals surface area contributed by atoms with Gasteiger partial charge in [-0.25, -0.2) is 0 Å². The summed E-state index contributed by atoms with van der Waals surface area (Å²) in [6.45, 7) is 7.55. The van der Waals surface area contributed by atoms with E-state index in [1.165, 1.54) is 0 Å². The molecule has 2 aliphatic heterocycles. The average Bonchev–Trinajstić information content (AvgIpc) is 2.75. The topological polar surface area (TPSA) is 53.9 Å². The Kier molecular flexibility index (Phi) is 4.28. The Morgan fingerprint density at radius 1 is 1.59 bits per heavy atom. The lowest BCUT2D eigenvalue weighted by Crippen LogP contribution is -2.50. The molecule has 2 heterocycles. The van der Waals surface area contributed by atoms with E-state index < -0.39 is 0 Å². The van der Waals surface area contributed by atoms with E-state index in [2.05, 4.69) is 17.2 Å². The van der Waals surface area contributed by atoms with Crippen molar-refractivity contribution in [2.75, 3.05) is 32.8 Å². The molecule has 0 spiro atoms. The molecule has 96 valence electrons. The minimum atomic E-state index is -0.204. The lowest BCUT2D eigenvalue weighted by Gasteiger charge is -2.29. The van der Waals surface area contributed by atoms with Gasteiger partial charge in [0.05, 0.1) is 19.8 Å². The molecule has 1 amide bonds. The van der Waals surface area contributed by atoms with Crippen molar-refractivity contribution in [3.63, 3.8) is 0 Å². The molecule has 0 aliphatic carbocycles. The number of rotatable bonds is 2. The van der Waals surface area contributed by atoms with E-state index in [4.69, 9.17) is 4.74 Å². The molecule has 5 nitrogen and oxygen atoms in total. The Morgan fingerprint density at radius 3 is 2.88 bits per heavy atom. The first kappa shape index (κ1) is 12.7. The van der Waals surface area contributed by atoms with Crippen LogP contribution >= 0.6 is 11.8 Å². The van der Waals surface area contributed by atoms with Gasteiger partial charge >= 0.3 is 0 Å². The summed E-state index contributed by atoms with van der Waals surface area (Å²) in [4.78, 5) is 18.3. The van der Waals surface area contributed by atoms with Crippen molar-refractivity contribution in [2.24, 2.45) is 4.99 Å². The van der Waals surface area contributed by atoms with Crippen LogP contribution in [0, 0.1) is 0 Å². The summed E-state index contributed by atoms with van der Waals surface area (Å²) in [5.41, 5.74) is 0. The van der Waals surface area contributed by atoms with Gasteiger partial charge in [0.15, 0.2) is 5.17 Å². The van der Waals surface area contributed by atoms with Gasteiger partial charge in [-0.2, -0.15) is 0 Å². The molecule has 6 heteroatoms. The standard InChI is InChI=1S/C11H19N3O2S/c1-8-7-12-11(17-8)13-9(2)10(15)14-3-5-16-6-4-14/h8-9H,3-7H2,1-2H3,(H,12,13). The lowest BCUT2D eigenvalue weighted by atomic mass is 10.2. The molecule has 1 N–H and O–H groups in total. The molecule has 2 atom stereocenters. The molecule has 0 saturated carbocycles. The first-order valence-corrected chi connectivity index (χ1v) is 6.89. The molecular weight excluding hydrogens is 238 g/mol. The Morgan fingerprint density at radius 2 is 2.29 bits per heavy atom. The van der Waals surface area contributed by atoms with Crippen molar-refractivity contribution >= 4 is 22.8 Å². The highest BCUT2D eigenvalue weighted by molar-refractivity contribution is 8.14. The third kappa shape index (κ3) is 3.35. The Hall–Kier alpha value is -0.750. The molecule has 1 saturated heterocycles. The maximum Gasteiger partial charge on any atom is 0.244 e. The number of amidine groups is 1. The smallest absolute Gasteiger partial charge is 0.244 e. The minimum absolute atomic E-state index is 0.135. The lowest BCUT2D eigenvalue weighted by molar-refractivity contribution is -0.136. The highest BCUT2D eigenvalue weighted by Crippen LogP contribution is 2.18. The second-order valence-corrected chi connectivity index (χ2v) is 5.81. The SMILES string of the molecule is CC1CN=C(NC(C)C(=O)N2CCOCC2)S1. The Bertz CT molecular complexity index is 316. The van der Waals surface area contributed by atoms with Gasteiger partial charge in [-0.05, 0) is 6.92 Å². The maximum absolute atomic E-state index is 12.1. The molecule has 1 fully saturated rings. The van der Waals surface area contributed by atoms with Crippen molar-refractivity contribution in [3.8, 4) is 0 Å². The molecule has 0 radical (unpaired) electrons. The predicted molar refractivity (Wildman–Crippen MR) is 69.4 cm³/mol. The van der Waals surface area contributed by atoms with E-state index in [0.717, 1.165) is 11.7 Å². The van der Waals surface area contributed by atoms with Crippen LogP contribution in [0.1, 0.15) is 13.8 Å². The van der Waals surface area contributed by atoms with E-state index in [0.29, 0.717) is 31.6 Å². The number of carbonyl (C=O) groups excluding carboxylic acids is 1. The van der Waals surface area contributed by atoms with Gasteiger partial charge in [0.25, 0.3) is 0 Å². The second-order valence-electron chi connectivity index (χ2n) is 4.38. The largest absolute Gasteiger partial charge is 0.378 e. The molecule has 0 aromatic heterocycles. The molecule has 0 aromatic carbocycles. The number of nitrogens with zero attached hydrogens (tertiary/aromatic N) is 2. The zero-order valence-electron chi connectivity index (χ0n) is 10.3. The number of thioether (sulfide) groups is 1. The number of aliphatic imine (C=N–C) groups is 1. The van der Waals surface area contributed by atoms with Gasteiger partial charge in [0.2, 0.25) is 5.91 Å². The van der Waals surface area contributed by atoms with E-state index in [-0.39, 0.29) is 11.9 Å². The van der Waals surface area contributed by atoms with Crippen LogP contribution in [0.2, 0.25) is 0 Å². The molecule has 17 heavy (non-hydrogen) atoms. The fourth-order valence-corrected chi connectivity index (χ4v) is 2.78. The number of hydrogen-bond acceptors (Lipinski definition) is 5. The number of amides is 1. The number of ether oxygens (including phenoxy) is 1. The summed E-state index contributed by atoms with van der Waals surface area (Å²) in [5, 5.41) is 4.60. The summed E-state index contributed by atoms with van der Waals surface area (Å²) < 4.78 is 5.23. The van der Waals surface area contributed by atoms with Gasteiger partial charge in [0, 0.05) is 18.3 Å². The summed E-state index contributed by atoms with van der Waals surface area (Å²) in [6, 6.07) is -0.204. The number of hydrogen-bond donors (Lipinski definition) is 1. The van der Waals surface area contributed by atoms with Crippen LogP contribution in [-0.4, -0.2) is 60.1 Å². The van der Waals surface area contributed by atoms with Crippen LogP contribution in [0.25, 0.3) is 0 Å². The summed E-state index contributed by atoms with van der Waals surface area (Å²) in [7, 11) is 0. The van der Waals surface area contributed by atoms with Crippen LogP contribution in [0.3, 0.4) is 0 Å². The zero-order chi connectivity index (χ0) is 12.3. The van der Waals surface area contributed by atoms with Gasteiger partial charge in [-0.1, -0.05) is 18.7 Å². The fourth-order valence-electron chi connectivity index (χ4n) is 1.86. The van der Waals surface area contributed by atoms with E-state index in [9.17, 15) is 4.79 Å². The molecule has 0 aromatic rings. The Labute approximate surface area is 106 Å². The highest BCUT2D eigenvalue weighted by Gasteiger charge is 2.24. The normalized spacial score (nSPS) is 26.6. The van der Waals surface area contributed by atoms with Gasteiger partial charge in [0.1, 0.15) is 6.04 Å². The van der Waals surface area contributed by atoms with Crippen LogP contribution in [0.15, 0.2) is 4.99 Å². The highest BCUT2D eigenvalue weighted by atomic mass is 32.2. The second kappa shape index (κ2) is 5.73. The van der Waals surface area contributed by atoms with Crippen molar-refractivity contribution in [3.05, 3.63) is 0 Å². The number of carbonyl (C=O) groups is 1. The molecule has 0 bridgehead atoms. The molecular formula is C11H19N3O2S. The van der Waals surface area contributed by atoms with E-state index in [1.54, 1.807) is 11.8 Å². The van der Waals surface area contributed by atoms with E-state index in [1.807, 2.05) is 11.8 Å². The third-order valence-corrected chi connectivity index (χ3v) is 3.86. The van der Waals surface area contributed by atoms with Gasteiger partial charge in [-0.15, -0.1) is 0 Å². The predicted octanol–water partition coefficient (Wildman–Crippen LogP) is 0.315. The van der Waals surface area contributed by atoms with Crippen molar-refractivity contribution in [1.29, 1.82) is 0 Å². The Balaban J connectivity index is 1.82. The van der Waals surface area contributed by atoms with Crippen LogP contribution < -0.4 is 5.32 Å². The average molecular weight is 257 g/mol. The van der Waals surface area contributed by atoms with Crippen molar-refractivity contribution < 1.29 is 9.53 Å². The monoisotopic (exact) mass is 257 g/mol. The first-order chi connectivity index (χ1) is 8.16. The van der Waals surface area contributed by atoms with Crippen molar-refractivity contribution in [2.45, 2.75) is 25.1 Å². The van der Waals surface area contributed by atoms with E-state index >= 15 is 0 Å². The summed E-state index contributed by atoms with van der Waals surface area (Å²) >= 11 is 1.70. The van der Waals surface area contributed by atoms with Crippen LogP contribution in [0.4, 0.5) is 0 Å². The van der Waals surface area contributed by atoms with Crippen molar-refractivity contribution in [1.82, 2.24) is 10.2 Å². The van der Waals surface area contributed by atoms with Crippen LogP contribution in [0.5, 0.6) is 0 Å². The molecule has 2 aliphatic rings. The third-order valence-electron chi connectivity index (χ3n) is 2.84. The zero-order valence-corrected chi connectivity index (χ0v) is 11.1.